The van der Waals surface area contributed by atoms with Gasteiger partial charge in [-0.25, -0.2) is 9.50 Å². The van der Waals surface area contributed by atoms with Gasteiger partial charge in [0.05, 0.1) is 0 Å². The van der Waals surface area contributed by atoms with Gasteiger partial charge in [-0.2, -0.15) is 4.98 Å². The minimum absolute atomic E-state index is 0.193. The van der Waals surface area contributed by atoms with Crippen molar-refractivity contribution < 1.29 is 4.79 Å². The van der Waals surface area contributed by atoms with Crippen LogP contribution in [-0.4, -0.2) is 31.5 Å². The van der Waals surface area contributed by atoms with Crippen LogP contribution in [0.4, 0.5) is 0 Å². The highest BCUT2D eigenvalue weighted by Crippen LogP contribution is 2.17. The van der Waals surface area contributed by atoms with Crippen LogP contribution in [0, 0.1) is 6.92 Å². The lowest BCUT2D eigenvalue weighted by Gasteiger charge is -2.14. The van der Waals surface area contributed by atoms with Gasteiger partial charge >= 0.3 is 0 Å². The number of carbonyl (C=O) groups is 1. The highest BCUT2D eigenvalue weighted by Gasteiger charge is 2.19. The molecule has 2 aromatic rings. The van der Waals surface area contributed by atoms with Crippen molar-refractivity contribution in [2.45, 2.75) is 51.5 Å². The minimum atomic E-state index is -0.193. The van der Waals surface area contributed by atoms with E-state index in [9.17, 15) is 4.79 Å². The number of amides is 1. The fraction of sp³-hybridized carbons (Fsp3) is 0.571. The van der Waals surface area contributed by atoms with Gasteiger partial charge in [0.25, 0.3) is 11.7 Å². The number of rotatable bonds is 2. The van der Waals surface area contributed by atoms with E-state index in [2.05, 4.69) is 20.4 Å². The summed E-state index contributed by atoms with van der Waals surface area (Å²) in [6, 6.07) is 2.10. The number of nitrogens with zero attached hydrogens (tertiary/aromatic N) is 4. The Morgan fingerprint density at radius 2 is 2.05 bits per heavy atom. The summed E-state index contributed by atoms with van der Waals surface area (Å²) in [5.41, 5.74) is 0.913. The molecule has 0 bridgehead atoms. The van der Waals surface area contributed by atoms with Crippen molar-refractivity contribution in [3.63, 3.8) is 0 Å². The SMILES string of the molecule is Cc1ccnc2nc(C(=O)NC3CCCCCC3)nn12. The van der Waals surface area contributed by atoms with E-state index < -0.39 is 0 Å². The molecule has 1 aliphatic carbocycles. The van der Waals surface area contributed by atoms with Crippen LogP contribution in [0.2, 0.25) is 0 Å². The molecule has 1 aliphatic rings. The second-order valence-corrected chi connectivity index (χ2v) is 5.40. The minimum Gasteiger partial charge on any atom is -0.347 e. The van der Waals surface area contributed by atoms with Gasteiger partial charge < -0.3 is 5.32 Å². The maximum atomic E-state index is 12.2. The third-order valence-electron chi connectivity index (χ3n) is 3.82. The normalized spacial score (nSPS) is 17.1. The zero-order chi connectivity index (χ0) is 13.9. The van der Waals surface area contributed by atoms with Gasteiger partial charge in [-0.05, 0) is 25.8 Å². The van der Waals surface area contributed by atoms with Crippen molar-refractivity contribution in [2.24, 2.45) is 0 Å². The average molecular weight is 273 g/mol. The van der Waals surface area contributed by atoms with E-state index in [1.165, 1.54) is 25.7 Å². The first-order chi connectivity index (χ1) is 9.74. The van der Waals surface area contributed by atoms with Crippen LogP contribution in [-0.2, 0) is 0 Å². The molecule has 2 aromatic heterocycles. The molecule has 0 saturated heterocycles. The maximum Gasteiger partial charge on any atom is 0.291 e. The summed E-state index contributed by atoms with van der Waals surface area (Å²) < 4.78 is 1.60. The molecule has 1 saturated carbocycles. The molecular formula is C14H19N5O. The summed E-state index contributed by atoms with van der Waals surface area (Å²) in [6.07, 6.45) is 8.68. The largest absolute Gasteiger partial charge is 0.347 e. The molecule has 1 N–H and O–H groups in total. The summed E-state index contributed by atoms with van der Waals surface area (Å²) in [6.45, 7) is 1.91. The predicted octanol–water partition coefficient (Wildman–Crippen LogP) is 1.89. The fourth-order valence-corrected chi connectivity index (χ4v) is 2.68. The Morgan fingerprint density at radius 3 is 2.75 bits per heavy atom. The highest BCUT2D eigenvalue weighted by atomic mass is 16.2. The molecule has 0 aliphatic heterocycles. The predicted molar refractivity (Wildman–Crippen MR) is 74.5 cm³/mol. The molecule has 3 rings (SSSR count). The Bertz CT molecular complexity index is 613. The van der Waals surface area contributed by atoms with Gasteiger partial charge in [0.2, 0.25) is 5.82 Å². The fourth-order valence-electron chi connectivity index (χ4n) is 2.68. The van der Waals surface area contributed by atoms with E-state index in [-0.39, 0.29) is 17.8 Å². The highest BCUT2D eigenvalue weighted by molar-refractivity contribution is 5.91. The van der Waals surface area contributed by atoms with Crippen LogP contribution in [0.25, 0.3) is 5.78 Å². The van der Waals surface area contributed by atoms with Crippen molar-refractivity contribution >= 4 is 11.7 Å². The molecule has 20 heavy (non-hydrogen) atoms. The first-order valence-electron chi connectivity index (χ1n) is 7.23. The number of aromatic nitrogens is 4. The van der Waals surface area contributed by atoms with Crippen molar-refractivity contribution in [1.82, 2.24) is 24.9 Å². The molecule has 106 valence electrons. The van der Waals surface area contributed by atoms with Crippen molar-refractivity contribution in [3.8, 4) is 0 Å². The average Bonchev–Trinajstić information content (AvgIpc) is 2.72. The number of carbonyl (C=O) groups excluding carboxylic acids is 1. The molecule has 2 heterocycles. The Kier molecular flexibility index (Phi) is 3.62. The van der Waals surface area contributed by atoms with Gasteiger partial charge in [0.15, 0.2) is 0 Å². The molecule has 0 unspecified atom stereocenters. The second-order valence-electron chi connectivity index (χ2n) is 5.40. The molecule has 0 spiro atoms. The molecular weight excluding hydrogens is 254 g/mol. The lowest BCUT2D eigenvalue weighted by atomic mass is 10.1. The van der Waals surface area contributed by atoms with E-state index in [1.807, 2.05) is 13.0 Å². The zero-order valence-corrected chi connectivity index (χ0v) is 11.7. The van der Waals surface area contributed by atoms with Gasteiger partial charge in [0, 0.05) is 17.9 Å². The molecule has 6 heteroatoms. The molecule has 0 atom stereocenters. The first kappa shape index (κ1) is 13.0. The van der Waals surface area contributed by atoms with Crippen LogP contribution in [0.3, 0.4) is 0 Å². The lowest BCUT2D eigenvalue weighted by molar-refractivity contribution is 0.0923. The number of nitrogens with one attached hydrogen (secondary N) is 1. The Hall–Kier alpha value is -1.98. The van der Waals surface area contributed by atoms with Gasteiger partial charge in [0.1, 0.15) is 0 Å². The molecule has 1 amide bonds. The van der Waals surface area contributed by atoms with Crippen molar-refractivity contribution in [3.05, 3.63) is 23.8 Å². The van der Waals surface area contributed by atoms with Gasteiger partial charge in [-0.1, -0.05) is 25.7 Å². The Labute approximate surface area is 117 Å². The van der Waals surface area contributed by atoms with Crippen LogP contribution in [0.1, 0.15) is 54.8 Å². The second kappa shape index (κ2) is 5.56. The lowest BCUT2D eigenvalue weighted by Crippen LogP contribution is -2.35. The molecule has 6 nitrogen and oxygen atoms in total. The summed E-state index contributed by atoms with van der Waals surface area (Å²) in [7, 11) is 0. The maximum absolute atomic E-state index is 12.2. The van der Waals surface area contributed by atoms with E-state index >= 15 is 0 Å². The van der Waals surface area contributed by atoms with Crippen molar-refractivity contribution in [2.75, 3.05) is 0 Å². The Morgan fingerprint density at radius 1 is 1.30 bits per heavy atom. The van der Waals surface area contributed by atoms with Crippen LogP contribution < -0.4 is 5.32 Å². The third kappa shape index (κ3) is 2.64. The number of aryl methyl sites for hydroxylation is 1. The van der Waals surface area contributed by atoms with Crippen LogP contribution in [0.15, 0.2) is 12.3 Å². The topological polar surface area (TPSA) is 72.2 Å². The van der Waals surface area contributed by atoms with E-state index in [0.717, 1.165) is 18.5 Å². The summed E-state index contributed by atoms with van der Waals surface area (Å²) in [5, 5.41) is 7.28. The number of fused-ring (bicyclic) bond motifs is 1. The quantitative estimate of drug-likeness (QED) is 0.848. The molecule has 0 aromatic carbocycles. The molecule has 1 fully saturated rings. The van der Waals surface area contributed by atoms with Gasteiger partial charge in [-0.3, -0.25) is 4.79 Å². The standard InChI is InChI=1S/C14H19N5O/c1-10-8-9-15-14-17-12(18-19(10)14)13(20)16-11-6-4-2-3-5-7-11/h8-9,11H,2-7H2,1H3,(H,16,20). The van der Waals surface area contributed by atoms with Gasteiger partial charge in [-0.15, -0.1) is 5.10 Å². The van der Waals surface area contributed by atoms with Crippen LogP contribution >= 0.6 is 0 Å². The summed E-state index contributed by atoms with van der Waals surface area (Å²) >= 11 is 0. The third-order valence-corrected chi connectivity index (χ3v) is 3.82. The monoisotopic (exact) mass is 273 g/mol. The number of hydrogen-bond acceptors (Lipinski definition) is 4. The Balaban J connectivity index is 1.76. The number of hydrogen-bond donors (Lipinski definition) is 1. The zero-order valence-electron chi connectivity index (χ0n) is 11.7. The van der Waals surface area contributed by atoms with E-state index in [4.69, 9.17) is 0 Å². The first-order valence-corrected chi connectivity index (χ1v) is 7.23. The smallest absolute Gasteiger partial charge is 0.291 e. The van der Waals surface area contributed by atoms with E-state index in [0.29, 0.717) is 5.78 Å². The van der Waals surface area contributed by atoms with Crippen molar-refractivity contribution in [1.29, 1.82) is 0 Å². The summed E-state index contributed by atoms with van der Waals surface area (Å²) in [5.74, 6) is 0.480. The summed E-state index contributed by atoms with van der Waals surface area (Å²) in [4.78, 5) is 20.5. The molecule has 0 radical (unpaired) electrons. The van der Waals surface area contributed by atoms with E-state index in [1.54, 1.807) is 10.7 Å². The van der Waals surface area contributed by atoms with Crippen LogP contribution in [0.5, 0.6) is 0 Å².